The maximum absolute atomic E-state index is 10.4. The molecule has 9 N–H and O–H groups in total. The fourth-order valence-electron chi connectivity index (χ4n) is 1.51. The molecule has 0 aromatic carbocycles. The van der Waals surface area contributed by atoms with Gasteiger partial charge in [0.2, 0.25) is 5.91 Å². The van der Waals surface area contributed by atoms with Gasteiger partial charge >= 0.3 is 11.9 Å². The van der Waals surface area contributed by atoms with Crippen LogP contribution >= 0.6 is 0 Å². The highest BCUT2D eigenvalue weighted by Gasteiger charge is 2.10. The summed E-state index contributed by atoms with van der Waals surface area (Å²) in [6.07, 6.45) is 4.10. The highest BCUT2D eigenvalue weighted by molar-refractivity contribution is 5.73. The fourth-order valence-corrected chi connectivity index (χ4v) is 1.51. The van der Waals surface area contributed by atoms with E-state index in [-0.39, 0.29) is 5.91 Å². The molecular weight excluding hydrogens is 304 g/mol. The van der Waals surface area contributed by atoms with Crippen molar-refractivity contribution in [3.05, 3.63) is 0 Å². The van der Waals surface area contributed by atoms with Crippen LogP contribution in [-0.2, 0) is 14.4 Å². The molecule has 9 nitrogen and oxygen atoms in total. The first-order valence-electron chi connectivity index (χ1n) is 7.63. The predicted octanol–water partition coefficient (Wildman–Crippen LogP) is -0.768. The van der Waals surface area contributed by atoms with Gasteiger partial charge in [-0.1, -0.05) is 6.42 Å². The van der Waals surface area contributed by atoms with Crippen LogP contribution in [0.3, 0.4) is 0 Å². The van der Waals surface area contributed by atoms with Crippen LogP contribution < -0.4 is 22.5 Å². The number of hydrogen-bond acceptors (Lipinski definition) is 6. The van der Waals surface area contributed by atoms with Crippen molar-refractivity contribution in [1.29, 1.82) is 0 Å². The van der Waals surface area contributed by atoms with Crippen molar-refractivity contribution in [1.82, 2.24) is 5.32 Å². The summed E-state index contributed by atoms with van der Waals surface area (Å²) in [7, 11) is 0. The number of carboxylic acid groups (broad SMARTS) is 2. The number of rotatable bonds is 11. The second kappa shape index (κ2) is 15.2. The molecule has 0 rings (SSSR count). The Morgan fingerprint density at radius 3 is 1.70 bits per heavy atom. The molecule has 2 unspecified atom stereocenters. The molecule has 9 heteroatoms. The van der Waals surface area contributed by atoms with Gasteiger partial charge in [-0.25, -0.2) is 0 Å². The second-order valence-electron chi connectivity index (χ2n) is 5.15. The Morgan fingerprint density at radius 1 is 0.913 bits per heavy atom. The smallest absolute Gasteiger partial charge is 0.320 e. The summed E-state index contributed by atoms with van der Waals surface area (Å²) in [6, 6.07) is -1.50. The van der Waals surface area contributed by atoms with Gasteiger partial charge in [0.05, 0.1) is 0 Å². The Labute approximate surface area is 136 Å². The second-order valence-corrected chi connectivity index (χ2v) is 5.15. The summed E-state index contributed by atoms with van der Waals surface area (Å²) in [5.74, 6) is -1.97. The van der Waals surface area contributed by atoms with Crippen LogP contribution in [0.2, 0.25) is 0 Å². The minimum absolute atomic E-state index is 0.0671. The molecule has 0 aliphatic heterocycles. The number of carbonyl (C=O) groups excluding carboxylic acids is 1. The molecule has 0 heterocycles. The van der Waals surface area contributed by atoms with Crippen LogP contribution in [0.1, 0.15) is 45.4 Å². The topological polar surface area (TPSA) is 182 Å². The SMILES string of the molecule is CC(=O)NCCCCC(N)C(=O)O.NCCCCC(N)C(=O)O. The first kappa shape index (κ1) is 23.6. The van der Waals surface area contributed by atoms with E-state index < -0.39 is 24.0 Å². The van der Waals surface area contributed by atoms with Crippen LogP contribution in [0.25, 0.3) is 0 Å². The van der Waals surface area contributed by atoms with Gasteiger partial charge in [0.15, 0.2) is 0 Å². The molecule has 1 amide bonds. The molecule has 0 fully saturated rings. The molecule has 23 heavy (non-hydrogen) atoms. The van der Waals surface area contributed by atoms with Gasteiger partial charge in [-0.2, -0.15) is 0 Å². The zero-order valence-electron chi connectivity index (χ0n) is 13.7. The normalized spacial score (nSPS) is 12.5. The van der Waals surface area contributed by atoms with Gasteiger partial charge in [-0.3, -0.25) is 14.4 Å². The number of amides is 1. The summed E-state index contributed by atoms with van der Waals surface area (Å²) >= 11 is 0. The van der Waals surface area contributed by atoms with E-state index in [2.05, 4.69) is 5.32 Å². The predicted molar refractivity (Wildman–Crippen MR) is 86.7 cm³/mol. The number of carbonyl (C=O) groups is 3. The number of unbranched alkanes of at least 4 members (excludes halogenated alkanes) is 2. The summed E-state index contributed by atoms with van der Waals surface area (Å²) < 4.78 is 0. The lowest BCUT2D eigenvalue weighted by molar-refractivity contribution is -0.139. The third-order valence-electron chi connectivity index (χ3n) is 2.92. The molecule has 0 saturated heterocycles. The van der Waals surface area contributed by atoms with E-state index in [1.165, 1.54) is 6.92 Å². The van der Waals surface area contributed by atoms with Crippen molar-refractivity contribution in [3.8, 4) is 0 Å². The van der Waals surface area contributed by atoms with E-state index in [9.17, 15) is 14.4 Å². The van der Waals surface area contributed by atoms with Gasteiger partial charge in [-0.05, 0) is 38.6 Å². The molecule has 0 bridgehead atoms. The van der Waals surface area contributed by atoms with E-state index in [4.69, 9.17) is 27.4 Å². The number of hydrogen-bond donors (Lipinski definition) is 6. The third kappa shape index (κ3) is 18.2. The highest BCUT2D eigenvalue weighted by Crippen LogP contribution is 1.98. The molecule has 0 aromatic rings. The molecule has 0 aliphatic carbocycles. The number of nitrogens with two attached hydrogens (primary N) is 3. The molecule has 136 valence electrons. The largest absolute Gasteiger partial charge is 0.480 e. The Balaban J connectivity index is 0. The lowest BCUT2D eigenvalue weighted by Crippen LogP contribution is -2.30. The molecule has 0 radical (unpaired) electrons. The Hall–Kier alpha value is -1.71. The molecule has 0 spiro atoms. The Kier molecular flexibility index (Phi) is 15.6. The van der Waals surface area contributed by atoms with Crippen molar-refractivity contribution >= 4 is 17.8 Å². The van der Waals surface area contributed by atoms with Gasteiger partial charge in [-0.15, -0.1) is 0 Å². The molecule has 0 aliphatic rings. The maximum atomic E-state index is 10.4. The van der Waals surface area contributed by atoms with Gasteiger partial charge in [0.1, 0.15) is 12.1 Å². The van der Waals surface area contributed by atoms with Crippen LogP contribution in [-0.4, -0.2) is 53.2 Å². The molecular formula is C14H30N4O5. The fraction of sp³-hybridized carbons (Fsp3) is 0.786. The van der Waals surface area contributed by atoms with Crippen LogP contribution in [0.15, 0.2) is 0 Å². The highest BCUT2D eigenvalue weighted by atomic mass is 16.4. The van der Waals surface area contributed by atoms with Gasteiger partial charge in [0, 0.05) is 13.5 Å². The molecule has 0 saturated carbocycles. The van der Waals surface area contributed by atoms with Crippen LogP contribution in [0.5, 0.6) is 0 Å². The standard InChI is InChI=1S/C8H16N2O3.C6H14N2O2/c1-6(11)10-5-3-2-4-7(9)8(12)13;7-4-2-1-3-5(8)6(9)10/h7H,2-5,9H2,1H3,(H,10,11)(H,12,13);5H,1-4,7-8H2,(H,9,10). The average molecular weight is 334 g/mol. The third-order valence-corrected chi connectivity index (χ3v) is 2.92. The van der Waals surface area contributed by atoms with Crippen LogP contribution in [0, 0.1) is 0 Å². The summed E-state index contributed by atoms with van der Waals surface area (Å²) in [5, 5.41) is 19.4. The van der Waals surface area contributed by atoms with Crippen molar-refractivity contribution < 1.29 is 24.6 Å². The van der Waals surface area contributed by atoms with E-state index in [1.54, 1.807) is 0 Å². The minimum Gasteiger partial charge on any atom is -0.480 e. The maximum Gasteiger partial charge on any atom is 0.320 e. The van der Waals surface area contributed by atoms with E-state index in [1.807, 2.05) is 0 Å². The lowest BCUT2D eigenvalue weighted by Gasteiger charge is -2.05. The summed E-state index contributed by atoms with van der Waals surface area (Å²) in [6.45, 7) is 2.64. The summed E-state index contributed by atoms with van der Waals surface area (Å²) in [4.78, 5) is 30.8. The average Bonchev–Trinajstić information content (AvgIpc) is 2.46. The van der Waals surface area contributed by atoms with Crippen molar-refractivity contribution in [2.24, 2.45) is 17.2 Å². The number of nitrogens with one attached hydrogen (secondary N) is 1. The monoisotopic (exact) mass is 334 g/mol. The minimum atomic E-state index is -0.973. The van der Waals surface area contributed by atoms with E-state index in [0.29, 0.717) is 32.4 Å². The first-order valence-corrected chi connectivity index (χ1v) is 7.63. The quantitative estimate of drug-likeness (QED) is 0.266. The first-order chi connectivity index (χ1) is 10.7. The van der Waals surface area contributed by atoms with Crippen molar-refractivity contribution in [2.75, 3.05) is 13.1 Å². The van der Waals surface area contributed by atoms with Gasteiger partial charge < -0.3 is 32.7 Å². The van der Waals surface area contributed by atoms with Crippen molar-refractivity contribution in [2.45, 2.75) is 57.5 Å². The lowest BCUT2D eigenvalue weighted by atomic mass is 10.1. The van der Waals surface area contributed by atoms with Crippen molar-refractivity contribution in [3.63, 3.8) is 0 Å². The summed E-state index contributed by atoms with van der Waals surface area (Å²) in [5.41, 5.74) is 15.7. The Bertz CT molecular complexity index is 352. The van der Waals surface area contributed by atoms with E-state index in [0.717, 1.165) is 19.3 Å². The van der Waals surface area contributed by atoms with E-state index >= 15 is 0 Å². The van der Waals surface area contributed by atoms with Crippen LogP contribution in [0.4, 0.5) is 0 Å². The Morgan fingerprint density at radius 2 is 1.35 bits per heavy atom. The number of aliphatic carboxylic acids is 2. The zero-order chi connectivity index (χ0) is 18.3. The van der Waals surface area contributed by atoms with Gasteiger partial charge in [0.25, 0.3) is 0 Å². The zero-order valence-corrected chi connectivity index (χ0v) is 13.7. The molecule has 2 atom stereocenters. The number of carboxylic acids is 2. The molecule has 0 aromatic heterocycles.